The van der Waals surface area contributed by atoms with Gasteiger partial charge in [-0.05, 0) is 27.7 Å². The molecule has 0 atom stereocenters. The average molecular weight is 185 g/mol. The van der Waals surface area contributed by atoms with Crippen LogP contribution in [0.4, 0.5) is 0 Å². The molecule has 0 saturated carbocycles. The van der Waals surface area contributed by atoms with Crippen LogP contribution >= 0.6 is 0 Å². The molecule has 0 aliphatic heterocycles. The van der Waals surface area contributed by atoms with Crippen molar-refractivity contribution in [2.24, 2.45) is 16.5 Å². The fourth-order valence-corrected chi connectivity index (χ4v) is 1.31. The summed E-state index contributed by atoms with van der Waals surface area (Å²) >= 11 is 0. The largest absolute Gasteiger partial charge is 0.369 e. The summed E-state index contributed by atoms with van der Waals surface area (Å²) in [5, 5.41) is 6.98. The molecule has 0 unspecified atom stereocenters. The van der Waals surface area contributed by atoms with Crippen molar-refractivity contribution in [2.75, 3.05) is 0 Å². The van der Waals surface area contributed by atoms with Gasteiger partial charge in [0.1, 0.15) is 0 Å². The van der Waals surface area contributed by atoms with E-state index in [4.69, 9.17) is 16.9 Å². The molecule has 0 radical (unpaired) electrons. The second-order valence-electron chi connectivity index (χ2n) is 3.45. The van der Waals surface area contributed by atoms with E-state index in [-0.39, 0.29) is 18.0 Å². The summed E-state index contributed by atoms with van der Waals surface area (Å²) in [4.78, 5) is 5.61. The van der Waals surface area contributed by atoms with E-state index in [1.54, 1.807) is 0 Å². The van der Waals surface area contributed by atoms with E-state index >= 15 is 0 Å². The fourth-order valence-electron chi connectivity index (χ4n) is 1.31. The Labute approximate surface area is 79.3 Å². The molecule has 0 saturated heterocycles. The summed E-state index contributed by atoms with van der Waals surface area (Å²) in [6.07, 6.45) is 0. The fraction of sp³-hybridized carbons (Fsp3) is 0.750. The Morgan fingerprint density at radius 3 is 1.77 bits per heavy atom. The van der Waals surface area contributed by atoms with E-state index in [2.05, 4.69) is 4.99 Å². The monoisotopic (exact) mass is 185 g/mol. The lowest BCUT2D eigenvalue weighted by molar-refractivity contribution is 0.289. The molecule has 0 aromatic carbocycles. The van der Waals surface area contributed by atoms with Crippen molar-refractivity contribution in [3.8, 4) is 0 Å². The van der Waals surface area contributed by atoms with Gasteiger partial charge >= 0.3 is 0 Å². The van der Waals surface area contributed by atoms with Gasteiger partial charge in [-0.1, -0.05) is 0 Å². The standard InChI is InChI=1S/C8H19N5/c1-5(2)13(6(3)4)8(11)12-7(9)10/h5-6H,1-4H3,(H5,9,10,11,12). The number of nitrogens with zero attached hydrogens (tertiary/aromatic N) is 2. The SMILES string of the molecule is CC(C)N(C(N)=NC(=N)N)C(C)C. The number of hydrogen-bond donors (Lipinski definition) is 3. The zero-order valence-electron chi connectivity index (χ0n) is 8.70. The molecule has 0 heterocycles. The molecule has 13 heavy (non-hydrogen) atoms. The van der Waals surface area contributed by atoms with Gasteiger partial charge in [-0.25, -0.2) is 0 Å². The van der Waals surface area contributed by atoms with Crippen molar-refractivity contribution in [1.29, 1.82) is 5.41 Å². The van der Waals surface area contributed by atoms with E-state index in [9.17, 15) is 0 Å². The van der Waals surface area contributed by atoms with E-state index < -0.39 is 0 Å². The topological polar surface area (TPSA) is 91.5 Å². The second-order valence-corrected chi connectivity index (χ2v) is 3.45. The number of nitrogens with one attached hydrogen (secondary N) is 1. The van der Waals surface area contributed by atoms with Crippen molar-refractivity contribution in [3.63, 3.8) is 0 Å². The maximum Gasteiger partial charge on any atom is 0.215 e. The summed E-state index contributed by atoms with van der Waals surface area (Å²) in [5.74, 6) is 0.0429. The molecular formula is C8H19N5. The summed E-state index contributed by atoms with van der Waals surface area (Å²) in [5.41, 5.74) is 10.8. The number of rotatable bonds is 2. The highest BCUT2D eigenvalue weighted by molar-refractivity contribution is 5.92. The molecule has 0 amide bonds. The van der Waals surface area contributed by atoms with Gasteiger partial charge in [-0.2, -0.15) is 4.99 Å². The molecule has 5 N–H and O–H groups in total. The highest BCUT2D eigenvalue weighted by Gasteiger charge is 2.15. The van der Waals surface area contributed by atoms with Crippen LogP contribution in [0.2, 0.25) is 0 Å². The number of aliphatic imine (C=N–C) groups is 1. The Morgan fingerprint density at radius 1 is 1.15 bits per heavy atom. The summed E-state index contributed by atoms with van der Waals surface area (Å²) < 4.78 is 0. The molecule has 0 aromatic rings. The molecule has 76 valence electrons. The zero-order chi connectivity index (χ0) is 10.6. The molecule has 5 nitrogen and oxygen atoms in total. The summed E-state index contributed by atoms with van der Waals surface area (Å²) in [6.45, 7) is 8.07. The molecule has 0 aliphatic carbocycles. The van der Waals surface area contributed by atoms with E-state index in [1.165, 1.54) is 0 Å². The smallest absolute Gasteiger partial charge is 0.215 e. The van der Waals surface area contributed by atoms with Crippen molar-refractivity contribution in [1.82, 2.24) is 4.90 Å². The number of guanidine groups is 2. The van der Waals surface area contributed by atoms with Crippen molar-refractivity contribution < 1.29 is 0 Å². The highest BCUT2D eigenvalue weighted by atomic mass is 15.3. The van der Waals surface area contributed by atoms with Gasteiger partial charge in [-0.3, -0.25) is 5.41 Å². The molecule has 0 fully saturated rings. The molecular weight excluding hydrogens is 166 g/mol. The third-order valence-electron chi connectivity index (χ3n) is 1.61. The highest BCUT2D eigenvalue weighted by Crippen LogP contribution is 2.03. The lowest BCUT2D eigenvalue weighted by Gasteiger charge is -2.31. The third-order valence-corrected chi connectivity index (χ3v) is 1.61. The molecule has 0 aromatic heterocycles. The molecule has 0 aliphatic rings. The predicted octanol–water partition coefficient (Wildman–Crippen LogP) is 0.313. The van der Waals surface area contributed by atoms with Gasteiger partial charge in [0.05, 0.1) is 0 Å². The Hall–Kier alpha value is -1.26. The van der Waals surface area contributed by atoms with Crippen LogP contribution in [0.25, 0.3) is 0 Å². The van der Waals surface area contributed by atoms with Crippen molar-refractivity contribution in [3.05, 3.63) is 0 Å². The van der Waals surface area contributed by atoms with Crippen LogP contribution in [0.1, 0.15) is 27.7 Å². The Bertz CT molecular complexity index is 199. The molecule has 0 spiro atoms. The van der Waals surface area contributed by atoms with Gasteiger partial charge in [0.25, 0.3) is 0 Å². The van der Waals surface area contributed by atoms with Gasteiger partial charge in [0.2, 0.25) is 5.96 Å². The van der Waals surface area contributed by atoms with Crippen molar-refractivity contribution in [2.45, 2.75) is 39.8 Å². The van der Waals surface area contributed by atoms with Gasteiger partial charge in [0, 0.05) is 12.1 Å². The Kier molecular flexibility index (Phi) is 4.23. The zero-order valence-corrected chi connectivity index (χ0v) is 8.70. The van der Waals surface area contributed by atoms with Crippen molar-refractivity contribution >= 4 is 11.9 Å². The average Bonchev–Trinajstić information content (AvgIpc) is 1.81. The normalized spacial score (nSPS) is 12.3. The quantitative estimate of drug-likeness (QED) is 0.427. The summed E-state index contributed by atoms with van der Waals surface area (Å²) in [6, 6.07) is 0.506. The predicted molar refractivity (Wildman–Crippen MR) is 55.6 cm³/mol. The molecule has 5 heteroatoms. The van der Waals surface area contributed by atoms with Crippen LogP contribution in [0.5, 0.6) is 0 Å². The summed E-state index contributed by atoms with van der Waals surface area (Å²) in [7, 11) is 0. The van der Waals surface area contributed by atoms with Crippen LogP contribution in [0.15, 0.2) is 4.99 Å². The first kappa shape index (κ1) is 11.7. The Morgan fingerprint density at radius 2 is 1.54 bits per heavy atom. The third kappa shape index (κ3) is 3.78. The van der Waals surface area contributed by atoms with Crippen LogP contribution in [-0.4, -0.2) is 28.9 Å². The number of nitrogens with two attached hydrogens (primary N) is 2. The van der Waals surface area contributed by atoms with Crippen LogP contribution < -0.4 is 11.5 Å². The lowest BCUT2D eigenvalue weighted by atomic mass is 10.2. The first-order valence-electron chi connectivity index (χ1n) is 4.32. The van der Waals surface area contributed by atoms with Crippen LogP contribution in [-0.2, 0) is 0 Å². The minimum Gasteiger partial charge on any atom is -0.369 e. The minimum absolute atomic E-state index is 0.253. The van der Waals surface area contributed by atoms with E-state index in [1.807, 2.05) is 32.6 Å². The first-order chi connectivity index (χ1) is 5.86. The van der Waals surface area contributed by atoms with Gasteiger partial charge in [-0.15, -0.1) is 0 Å². The maximum absolute atomic E-state index is 6.98. The van der Waals surface area contributed by atoms with Crippen LogP contribution in [0, 0.1) is 5.41 Å². The van der Waals surface area contributed by atoms with Gasteiger partial charge in [0.15, 0.2) is 5.96 Å². The van der Waals surface area contributed by atoms with E-state index in [0.717, 1.165) is 0 Å². The minimum atomic E-state index is -0.260. The first-order valence-corrected chi connectivity index (χ1v) is 4.32. The lowest BCUT2D eigenvalue weighted by Crippen LogP contribution is -2.47. The number of hydrogen-bond acceptors (Lipinski definition) is 1. The molecule has 0 rings (SSSR count). The van der Waals surface area contributed by atoms with Gasteiger partial charge < -0.3 is 16.4 Å². The Balaban J connectivity index is 4.65. The second kappa shape index (κ2) is 4.69. The van der Waals surface area contributed by atoms with E-state index in [0.29, 0.717) is 5.96 Å². The van der Waals surface area contributed by atoms with Crippen LogP contribution in [0.3, 0.4) is 0 Å². The maximum atomic E-state index is 6.98. The molecule has 0 bridgehead atoms.